The number of carboxylic acid groups (broad SMARTS) is 2. The first-order valence-electron chi connectivity index (χ1n) is 4.88. The molecule has 0 aromatic heterocycles. The summed E-state index contributed by atoms with van der Waals surface area (Å²) in [6.07, 6.45) is 1.12. The molecule has 0 radical (unpaired) electrons. The lowest BCUT2D eigenvalue weighted by atomic mass is 10.2. The molecule has 7 nitrogen and oxygen atoms in total. The Kier molecular flexibility index (Phi) is 7.05. The van der Waals surface area contributed by atoms with Gasteiger partial charge in [0.15, 0.2) is 0 Å². The molecule has 0 unspecified atom stereocenters. The third kappa shape index (κ3) is 7.97. The number of esters is 1. The summed E-state index contributed by atoms with van der Waals surface area (Å²) in [5.41, 5.74) is 0.435. The van der Waals surface area contributed by atoms with Crippen LogP contribution >= 0.6 is 0 Å². The third-order valence-electron chi connectivity index (χ3n) is 1.66. The summed E-state index contributed by atoms with van der Waals surface area (Å²) in [6, 6.07) is 5.88. The number of hydrogen-bond acceptors (Lipinski definition) is 5. The average Bonchev–Trinajstić information content (AvgIpc) is 2.37. The first-order valence-corrected chi connectivity index (χ1v) is 4.88. The molecule has 0 aliphatic carbocycles. The van der Waals surface area contributed by atoms with Crippen LogP contribution in [-0.2, 0) is 14.3 Å². The molecule has 0 saturated carbocycles. The molecular formula is C12H12O7. The molecule has 1 aromatic rings. The van der Waals surface area contributed by atoms with Crippen LogP contribution in [0.25, 0.3) is 0 Å². The summed E-state index contributed by atoms with van der Waals surface area (Å²) >= 11 is 0. The zero-order valence-electron chi connectivity index (χ0n) is 9.94. The maximum atomic E-state index is 10.8. The van der Waals surface area contributed by atoms with Crippen molar-refractivity contribution >= 4 is 17.9 Å². The van der Waals surface area contributed by atoms with Gasteiger partial charge in [-0.3, -0.25) is 0 Å². The lowest BCUT2D eigenvalue weighted by Gasteiger charge is -1.97. The standard InChI is InChI=1S/C8H8O3.C4H4O4/c1-11-8(10)6-2-4-7(9)5-3-6;5-3(6)1-2-4(7)8/h2-5,9H,1H3;1-2H,(H,5,6)(H,7,8)/b;2-1-. The van der Waals surface area contributed by atoms with Gasteiger partial charge in [-0.05, 0) is 24.3 Å². The minimum absolute atomic E-state index is 0.137. The van der Waals surface area contributed by atoms with E-state index in [1.807, 2.05) is 0 Å². The van der Waals surface area contributed by atoms with Gasteiger partial charge in [0.2, 0.25) is 0 Å². The molecule has 0 aliphatic heterocycles. The van der Waals surface area contributed by atoms with Crippen LogP contribution in [0.5, 0.6) is 5.75 Å². The molecule has 0 amide bonds. The van der Waals surface area contributed by atoms with Crippen molar-refractivity contribution in [3.8, 4) is 5.75 Å². The Labute approximate surface area is 108 Å². The Morgan fingerprint density at radius 2 is 1.42 bits per heavy atom. The maximum Gasteiger partial charge on any atom is 0.337 e. The van der Waals surface area contributed by atoms with Crippen LogP contribution in [0.3, 0.4) is 0 Å². The van der Waals surface area contributed by atoms with Crippen molar-refractivity contribution in [1.82, 2.24) is 0 Å². The van der Waals surface area contributed by atoms with E-state index in [-0.39, 0.29) is 5.75 Å². The van der Waals surface area contributed by atoms with Crippen LogP contribution in [0.4, 0.5) is 0 Å². The monoisotopic (exact) mass is 268 g/mol. The van der Waals surface area contributed by atoms with Gasteiger partial charge in [-0.15, -0.1) is 0 Å². The van der Waals surface area contributed by atoms with Crippen LogP contribution in [0.1, 0.15) is 10.4 Å². The molecule has 0 saturated heterocycles. The molecule has 0 bridgehead atoms. The fourth-order valence-corrected chi connectivity index (χ4v) is 0.858. The Morgan fingerprint density at radius 1 is 1.00 bits per heavy atom. The first-order chi connectivity index (χ1) is 8.86. The number of ether oxygens (including phenoxy) is 1. The number of benzene rings is 1. The van der Waals surface area contributed by atoms with Crippen molar-refractivity contribution in [2.75, 3.05) is 7.11 Å². The van der Waals surface area contributed by atoms with E-state index in [0.717, 1.165) is 0 Å². The quantitative estimate of drug-likeness (QED) is 0.549. The number of phenolic OH excluding ortho intramolecular Hbond substituents is 1. The van der Waals surface area contributed by atoms with Crippen LogP contribution in [0.2, 0.25) is 0 Å². The topological polar surface area (TPSA) is 121 Å². The van der Waals surface area contributed by atoms with E-state index in [4.69, 9.17) is 15.3 Å². The molecule has 1 aromatic carbocycles. The van der Waals surface area contributed by atoms with E-state index in [0.29, 0.717) is 17.7 Å². The van der Waals surface area contributed by atoms with E-state index < -0.39 is 17.9 Å². The summed E-state index contributed by atoms with van der Waals surface area (Å²) in [4.78, 5) is 29.9. The Morgan fingerprint density at radius 3 is 1.74 bits per heavy atom. The zero-order valence-corrected chi connectivity index (χ0v) is 9.94. The largest absolute Gasteiger partial charge is 0.508 e. The minimum Gasteiger partial charge on any atom is -0.508 e. The molecule has 0 spiro atoms. The smallest absolute Gasteiger partial charge is 0.337 e. The Bertz CT molecular complexity index is 457. The molecular weight excluding hydrogens is 256 g/mol. The van der Waals surface area contributed by atoms with Gasteiger partial charge >= 0.3 is 17.9 Å². The van der Waals surface area contributed by atoms with Gasteiger partial charge in [-0.2, -0.15) is 0 Å². The van der Waals surface area contributed by atoms with Gasteiger partial charge in [0.1, 0.15) is 5.75 Å². The second-order valence-electron chi connectivity index (χ2n) is 3.05. The number of phenols is 1. The summed E-state index contributed by atoms with van der Waals surface area (Å²) in [5.74, 6) is -2.78. The molecule has 19 heavy (non-hydrogen) atoms. The van der Waals surface area contributed by atoms with Crippen LogP contribution in [0.15, 0.2) is 36.4 Å². The fraction of sp³-hybridized carbons (Fsp3) is 0.0833. The number of carbonyl (C=O) groups excluding carboxylic acids is 1. The van der Waals surface area contributed by atoms with Gasteiger partial charge in [0.25, 0.3) is 0 Å². The average molecular weight is 268 g/mol. The van der Waals surface area contributed by atoms with Crippen LogP contribution in [-0.4, -0.2) is 40.3 Å². The molecule has 1 rings (SSSR count). The van der Waals surface area contributed by atoms with Crippen molar-refractivity contribution in [2.24, 2.45) is 0 Å². The highest BCUT2D eigenvalue weighted by molar-refractivity contribution is 5.90. The van der Waals surface area contributed by atoms with E-state index in [2.05, 4.69) is 4.74 Å². The first kappa shape index (κ1) is 16.2. The van der Waals surface area contributed by atoms with Crippen molar-refractivity contribution in [3.05, 3.63) is 42.0 Å². The minimum atomic E-state index is -1.26. The normalized spacial score (nSPS) is 9.32. The SMILES string of the molecule is COC(=O)c1ccc(O)cc1.O=C(O)/C=C\C(=O)O. The zero-order chi connectivity index (χ0) is 14.8. The number of carbonyl (C=O) groups is 3. The number of rotatable bonds is 3. The number of aromatic hydroxyl groups is 1. The number of hydrogen-bond donors (Lipinski definition) is 3. The van der Waals surface area contributed by atoms with E-state index in [9.17, 15) is 14.4 Å². The fourth-order valence-electron chi connectivity index (χ4n) is 0.858. The lowest BCUT2D eigenvalue weighted by molar-refractivity contribution is -0.134. The van der Waals surface area contributed by atoms with Crippen molar-refractivity contribution in [3.63, 3.8) is 0 Å². The molecule has 0 heterocycles. The highest BCUT2D eigenvalue weighted by atomic mass is 16.5. The number of carboxylic acids is 2. The molecule has 0 fully saturated rings. The van der Waals surface area contributed by atoms with Crippen molar-refractivity contribution in [1.29, 1.82) is 0 Å². The van der Waals surface area contributed by atoms with Crippen molar-refractivity contribution in [2.45, 2.75) is 0 Å². The highest BCUT2D eigenvalue weighted by Crippen LogP contribution is 2.09. The predicted molar refractivity (Wildman–Crippen MR) is 63.9 cm³/mol. The summed E-state index contributed by atoms with van der Waals surface area (Å²) in [6.45, 7) is 0. The number of methoxy groups -OCH3 is 1. The molecule has 7 heteroatoms. The maximum absolute atomic E-state index is 10.8. The summed E-state index contributed by atoms with van der Waals surface area (Å²) < 4.78 is 4.46. The van der Waals surface area contributed by atoms with Crippen molar-refractivity contribution < 1.29 is 34.4 Å². The molecule has 0 aliphatic rings. The lowest BCUT2D eigenvalue weighted by Crippen LogP contribution is -1.99. The van der Waals surface area contributed by atoms with E-state index in [1.165, 1.54) is 31.4 Å². The predicted octanol–water partition coefficient (Wildman–Crippen LogP) is 0.891. The highest BCUT2D eigenvalue weighted by Gasteiger charge is 2.02. The molecule has 3 N–H and O–H groups in total. The molecule has 0 atom stereocenters. The number of aliphatic carboxylic acids is 2. The van der Waals surface area contributed by atoms with E-state index >= 15 is 0 Å². The summed E-state index contributed by atoms with van der Waals surface area (Å²) in [5, 5.41) is 24.5. The molecule has 102 valence electrons. The van der Waals surface area contributed by atoms with Crippen LogP contribution in [0, 0.1) is 0 Å². The Balaban J connectivity index is 0.000000362. The second kappa shape index (κ2) is 8.29. The van der Waals surface area contributed by atoms with Gasteiger partial charge in [0, 0.05) is 12.2 Å². The van der Waals surface area contributed by atoms with Gasteiger partial charge in [0.05, 0.1) is 12.7 Å². The van der Waals surface area contributed by atoms with Gasteiger partial charge in [-0.25, -0.2) is 14.4 Å². The Hall–Kier alpha value is -2.83. The summed E-state index contributed by atoms with van der Waals surface area (Å²) in [7, 11) is 1.31. The second-order valence-corrected chi connectivity index (χ2v) is 3.05. The van der Waals surface area contributed by atoms with Crippen LogP contribution < -0.4 is 0 Å². The van der Waals surface area contributed by atoms with Gasteiger partial charge in [-0.1, -0.05) is 0 Å². The third-order valence-corrected chi connectivity index (χ3v) is 1.66. The van der Waals surface area contributed by atoms with E-state index in [1.54, 1.807) is 0 Å². The van der Waals surface area contributed by atoms with Gasteiger partial charge < -0.3 is 20.1 Å².